The van der Waals surface area contributed by atoms with Crippen molar-refractivity contribution in [3.63, 3.8) is 0 Å². The zero-order chi connectivity index (χ0) is 15.9. The van der Waals surface area contributed by atoms with E-state index < -0.39 is 0 Å². The van der Waals surface area contributed by atoms with Crippen LogP contribution in [-0.2, 0) is 4.79 Å². The van der Waals surface area contributed by atoms with Crippen molar-refractivity contribution in [2.45, 2.75) is 13.8 Å². The van der Waals surface area contributed by atoms with E-state index in [1.165, 1.54) is 18.3 Å². The van der Waals surface area contributed by atoms with Gasteiger partial charge >= 0.3 is 0 Å². The zero-order valence-electron chi connectivity index (χ0n) is 12.5. The molecule has 1 N–H and O–H groups in total. The molecule has 2 aromatic rings. The molecular weight excluding hydrogens is 283 g/mol. The number of nitrogens with one attached hydrogen (secondary N) is 1. The quantitative estimate of drug-likeness (QED) is 0.682. The summed E-state index contributed by atoms with van der Waals surface area (Å²) >= 11 is 0. The number of carbonyl (C=O) groups is 1. The minimum atomic E-state index is -0.382. The van der Waals surface area contributed by atoms with E-state index in [0.29, 0.717) is 11.3 Å². The first-order valence-corrected chi connectivity index (χ1v) is 6.82. The number of carbonyl (C=O) groups excluding carboxylic acids is 1. The van der Waals surface area contributed by atoms with Crippen LogP contribution in [0.4, 0.5) is 4.39 Å². The van der Waals surface area contributed by atoms with Crippen LogP contribution in [0.3, 0.4) is 0 Å². The van der Waals surface area contributed by atoms with E-state index in [2.05, 4.69) is 10.5 Å². The fraction of sp³-hybridized carbons (Fsp3) is 0.176. The van der Waals surface area contributed by atoms with Gasteiger partial charge in [-0.15, -0.1) is 0 Å². The molecule has 22 heavy (non-hydrogen) atoms. The molecule has 0 atom stereocenters. The van der Waals surface area contributed by atoms with Gasteiger partial charge in [-0.25, -0.2) is 9.82 Å². The Balaban J connectivity index is 1.83. The molecule has 0 aliphatic carbocycles. The number of nitrogens with zero attached hydrogens (tertiary/aromatic N) is 1. The Morgan fingerprint density at radius 3 is 2.82 bits per heavy atom. The summed E-state index contributed by atoms with van der Waals surface area (Å²) in [4.78, 5) is 11.6. The van der Waals surface area contributed by atoms with Gasteiger partial charge in [-0.05, 0) is 43.2 Å². The summed E-state index contributed by atoms with van der Waals surface area (Å²) in [6.07, 6.45) is 1.37. The fourth-order valence-corrected chi connectivity index (χ4v) is 1.90. The number of ether oxygens (including phenoxy) is 1. The SMILES string of the molecule is Cc1ccc(OCC(=O)N/N=C/c2cccc(F)c2)c(C)c1. The monoisotopic (exact) mass is 300 g/mol. The highest BCUT2D eigenvalue weighted by Crippen LogP contribution is 2.18. The summed E-state index contributed by atoms with van der Waals surface area (Å²) in [6.45, 7) is 3.78. The highest BCUT2D eigenvalue weighted by molar-refractivity contribution is 5.82. The highest BCUT2D eigenvalue weighted by Gasteiger charge is 2.04. The number of hydrazone groups is 1. The van der Waals surface area contributed by atoms with Crippen molar-refractivity contribution in [2.75, 3.05) is 6.61 Å². The molecule has 0 heterocycles. The summed E-state index contributed by atoms with van der Waals surface area (Å²) in [5, 5.41) is 3.76. The summed E-state index contributed by atoms with van der Waals surface area (Å²) in [5.41, 5.74) is 5.00. The molecule has 0 radical (unpaired) electrons. The van der Waals surface area contributed by atoms with Gasteiger partial charge in [-0.3, -0.25) is 4.79 Å². The normalized spacial score (nSPS) is 10.7. The van der Waals surface area contributed by atoms with Crippen LogP contribution in [0.5, 0.6) is 5.75 Å². The van der Waals surface area contributed by atoms with Crippen molar-refractivity contribution in [1.29, 1.82) is 0 Å². The number of aryl methyl sites for hydroxylation is 2. The number of halogens is 1. The van der Waals surface area contributed by atoms with Gasteiger partial charge in [0.05, 0.1) is 6.21 Å². The van der Waals surface area contributed by atoms with Crippen LogP contribution < -0.4 is 10.2 Å². The number of rotatable bonds is 5. The highest BCUT2D eigenvalue weighted by atomic mass is 19.1. The number of amides is 1. The molecule has 2 aromatic carbocycles. The molecular formula is C17H17FN2O2. The van der Waals surface area contributed by atoms with Gasteiger partial charge in [0.25, 0.3) is 5.91 Å². The smallest absolute Gasteiger partial charge is 0.277 e. The Bertz CT molecular complexity index is 699. The summed E-state index contributed by atoms with van der Waals surface area (Å²) < 4.78 is 18.4. The van der Waals surface area contributed by atoms with Crippen molar-refractivity contribution in [2.24, 2.45) is 5.10 Å². The molecule has 5 heteroatoms. The standard InChI is InChI=1S/C17H17FN2O2/c1-12-6-7-16(13(2)8-12)22-11-17(21)20-19-10-14-4-3-5-15(18)9-14/h3-10H,11H2,1-2H3,(H,20,21)/b19-10+. The van der Waals surface area contributed by atoms with Crippen LogP contribution >= 0.6 is 0 Å². The molecule has 0 saturated carbocycles. The average molecular weight is 300 g/mol. The van der Waals surface area contributed by atoms with Gasteiger partial charge in [0, 0.05) is 0 Å². The van der Waals surface area contributed by atoms with Crippen LogP contribution in [0.25, 0.3) is 0 Å². The number of hydrogen-bond acceptors (Lipinski definition) is 3. The van der Waals surface area contributed by atoms with E-state index in [-0.39, 0.29) is 18.3 Å². The molecule has 0 unspecified atom stereocenters. The van der Waals surface area contributed by atoms with Gasteiger partial charge in [-0.1, -0.05) is 29.8 Å². The van der Waals surface area contributed by atoms with E-state index in [1.54, 1.807) is 12.1 Å². The van der Waals surface area contributed by atoms with Crippen molar-refractivity contribution < 1.29 is 13.9 Å². The van der Waals surface area contributed by atoms with Crippen molar-refractivity contribution in [3.05, 3.63) is 65.0 Å². The van der Waals surface area contributed by atoms with Crippen LogP contribution in [-0.4, -0.2) is 18.7 Å². The van der Waals surface area contributed by atoms with Gasteiger partial charge in [0.1, 0.15) is 11.6 Å². The summed E-state index contributed by atoms with van der Waals surface area (Å²) in [6, 6.07) is 11.6. The fourth-order valence-electron chi connectivity index (χ4n) is 1.90. The summed E-state index contributed by atoms with van der Waals surface area (Å²) in [5.74, 6) is -0.0732. The van der Waals surface area contributed by atoms with Gasteiger partial charge in [-0.2, -0.15) is 5.10 Å². The van der Waals surface area contributed by atoms with E-state index in [4.69, 9.17) is 4.74 Å². The first kappa shape index (κ1) is 15.7. The predicted molar refractivity (Wildman–Crippen MR) is 83.5 cm³/mol. The third-order valence-electron chi connectivity index (χ3n) is 2.94. The van der Waals surface area contributed by atoms with E-state index in [0.717, 1.165) is 11.1 Å². The second kappa shape index (κ2) is 7.36. The van der Waals surface area contributed by atoms with E-state index in [1.807, 2.05) is 32.0 Å². The lowest BCUT2D eigenvalue weighted by atomic mass is 10.1. The largest absolute Gasteiger partial charge is 0.483 e. The molecule has 0 saturated heterocycles. The Morgan fingerprint density at radius 2 is 2.09 bits per heavy atom. The lowest BCUT2D eigenvalue weighted by Crippen LogP contribution is -2.24. The molecule has 1 amide bonds. The van der Waals surface area contributed by atoms with Crippen LogP contribution in [0.2, 0.25) is 0 Å². The van der Waals surface area contributed by atoms with Crippen molar-refractivity contribution in [3.8, 4) is 5.75 Å². The molecule has 114 valence electrons. The molecule has 0 aromatic heterocycles. The molecule has 0 aliphatic heterocycles. The minimum absolute atomic E-state index is 0.135. The third-order valence-corrected chi connectivity index (χ3v) is 2.94. The molecule has 0 spiro atoms. The zero-order valence-corrected chi connectivity index (χ0v) is 12.5. The van der Waals surface area contributed by atoms with E-state index >= 15 is 0 Å². The Labute approximate surface area is 128 Å². The Hall–Kier alpha value is -2.69. The molecule has 0 fully saturated rings. The maximum atomic E-state index is 13.0. The minimum Gasteiger partial charge on any atom is -0.483 e. The van der Waals surface area contributed by atoms with Crippen LogP contribution in [0, 0.1) is 19.7 Å². The number of benzene rings is 2. The van der Waals surface area contributed by atoms with Crippen molar-refractivity contribution in [1.82, 2.24) is 5.43 Å². The van der Waals surface area contributed by atoms with Crippen LogP contribution in [0.1, 0.15) is 16.7 Å². The van der Waals surface area contributed by atoms with Gasteiger partial charge < -0.3 is 4.74 Å². The molecule has 0 bridgehead atoms. The Morgan fingerprint density at radius 1 is 1.27 bits per heavy atom. The summed E-state index contributed by atoms with van der Waals surface area (Å²) in [7, 11) is 0. The maximum absolute atomic E-state index is 13.0. The Kier molecular flexibility index (Phi) is 5.25. The van der Waals surface area contributed by atoms with Crippen LogP contribution in [0.15, 0.2) is 47.6 Å². The lowest BCUT2D eigenvalue weighted by Gasteiger charge is -2.08. The number of hydrogen-bond donors (Lipinski definition) is 1. The van der Waals surface area contributed by atoms with E-state index in [9.17, 15) is 9.18 Å². The first-order chi connectivity index (χ1) is 10.5. The topological polar surface area (TPSA) is 50.7 Å². The predicted octanol–water partition coefficient (Wildman–Crippen LogP) is 2.97. The van der Waals surface area contributed by atoms with Crippen molar-refractivity contribution >= 4 is 12.1 Å². The first-order valence-electron chi connectivity index (χ1n) is 6.82. The maximum Gasteiger partial charge on any atom is 0.277 e. The van der Waals surface area contributed by atoms with Gasteiger partial charge in [0.15, 0.2) is 6.61 Å². The molecule has 0 aliphatic rings. The second-order valence-electron chi connectivity index (χ2n) is 4.91. The molecule has 4 nitrogen and oxygen atoms in total. The van der Waals surface area contributed by atoms with Gasteiger partial charge in [0.2, 0.25) is 0 Å². The third kappa shape index (κ3) is 4.70. The lowest BCUT2D eigenvalue weighted by molar-refractivity contribution is -0.123. The second-order valence-corrected chi connectivity index (χ2v) is 4.91. The average Bonchev–Trinajstić information content (AvgIpc) is 2.46. The molecule has 2 rings (SSSR count).